The van der Waals surface area contributed by atoms with Gasteiger partial charge in [0.05, 0.1) is 11.6 Å². The van der Waals surface area contributed by atoms with Gasteiger partial charge in [-0.25, -0.2) is 14.4 Å². The van der Waals surface area contributed by atoms with Crippen LogP contribution in [0.3, 0.4) is 0 Å². The number of benzene rings is 2. The van der Waals surface area contributed by atoms with Gasteiger partial charge < -0.3 is 15.2 Å². The van der Waals surface area contributed by atoms with E-state index in [0.29, 0.717) is 23.4 Å². The van der Waals surface area contributed by atoms with Crippen molar-refractivity contribution in [2.75, 3.05) is 18.9 Å². The van der Waals surface area contributed by atoms with Crippen molar-refractivity contribution in [3.63, 3.8) is 0 Å². The normalized spacial score (nSPS) is 17.3. The second kappa shape index (κ2) is 7.25. The van der Waals surface area contributed by atoms with E-state index in [0.717, 1.165) is 36.8 Å². The Labute approximate surface area is 151 Å². The summed E-state index contributed by atoms with van der Waals surface area (Å²) >= 11 is 0. The molecule has 1 atom stereocenters. The van der Waals surface area contributed by atoms with E-state index in [1.807, 2.05) is 18.2 Å². The summed E-state index contributed by atoms with van der Waals surface area (Å²) in [7, 11) is 0. The summed E-state index contributed by atoms with van der Waals surface area (Å²) in [6.45, 7) is 1.22. The van der Waals surface area contributed by atoms with Crippen LogP contribution in [-0.2, 0) is 4.74 Å². The largest absolute Gasteiger partial charge is 0.490 e. The van der Waals surface area contributed by atoms with E-state index in [-0.39, 0.29) is 17.9 Å². The fourth-order valence-corrected chi connectivity index (χ4v) is 3.26. The van der Waals surface area contributed by atoms with Crippen molar-refractivity contribution in [3.8, 4) is 16.9 Å². The fraction of sp³-hybridized carbons (Fsp3) is 0.300. The monoisotopic (exact) mass is 353 g/mol. The van der Waals surface area contributed by atoms with E-state index in [9.17, 15) is 4.39 Å². The maximum absolute atomic E-state index is 14.0. The van der Waals surface area contributed by atoms with Crippen LogP contribution in [0.4, 0.5) is 10.3 Å². The number of aromatic nitrogens is 2. The molecule has 1 aromatic heterocycles. The number of nitrogens with zero attached hydrogens (tertiary/aromatic N) is 2. The Morgan fingerprint density at radius 3 is 2.96 bits per heavy atom. The van der Waals surface area contributed by atoms with Gasteiger partial charge in [0.15, 0.2) is 0 Å². The zero-order valence-electron chi connectivity index (χ0n) is 14.3. The minimum atomic E-state index is -0.324. The number of halogens is 1. The Balaban J connectivity index is 1.70. The number of ether oxygens (including phenoxy) is 2. The van der Waals surface area contributed by atoms with Crippen LogP contribution in [0.15, 0.2) is 42.6 Å². The lowest BCUT2D eigenvalue weighted by atomic mass is 10.0. The molecule has 2 heterocycles. The molecule has 2 N–H and O–H groups in total. The van der Waals surface area contributed by atoms with Crippen LogP contribution in [0.25, 0.3) is 22.0 Å². The van der Waals surface area contributed by atoms with Crippen molar-refractivity contribution in [1.82, 2.24) is 9.97 Å². The third kappa shape index (κ3) is 3.46. The van der Waals surface area contributed by atoms with E-state index in [1.165, 1.54) is 12.1 Å². The summed E-state index contributed by atoms with van der Waals surface area (Å²) < 4.78 is 25.7. The van der Waals surface area contributed by atoms with Gasteiger partial charge in [-0.3, -0.25) is 0 Å². The molecule has 1 fully saturated rings. The lowest BCUT2D eigenvalue weighted by Gasteiger charge is -2.23. The zero-order valence-corrected chi connectivity index (χ0v) is 14.3. The van der Waals surface area contributed by atoms with Crippen molar-refractivity contribution >= 4 is 16.9 Å². The lowest BCUT2D eigenvalue weighted by Crippen LogP contribution is -2.25. The van der Waals surface area contributed by atoms with E-state index >= 15 is 0 Å². The molecule has 1 saturated heterocycles. The van der Waals surface area contributed by atoms with Crippen molar-refractivity contribution in [3.05, 3.63) is 48.4 Å². The van der Waals surface area contributed by atoms with Gasteiger partial charge in [-0.2, -0.15) is 0 Å². The quantitative estimate of drug-likeness (QED) is 0.769. The second-order valence-electron chi connectivity index (χ2n) is 6.41. The van der Waals surface area contributed by atoms with Crippen LogP contribution in [0, 0.1) is 5.82 Å². The highest BCUT2D eigenvalue weighted by molar-refractivity contribution is 5.96. The average Bonchev–Trinajstić information content (AvgIpc) is 2.67. The third-order valence-corrected chi connectivity index (χ3v) is 4.57. The van der Waals surface area contributed by atoms with Gasteiger partial charge in [-0.05, 0) is 49.1 Å². The first-order valence-electron chi connectivity index (χ1n) is 8.76. The van der Waals surface area contributed by atoms with Crippen LogP contribution in [0.5, 0.6) is 5.75 Å². The predicted molar refractivity (Wildman–Crippen MR) is 98.4 cm³/mol. The van der Waals surface area contributed by atoms with Gasteiger partial charge in [-0.1, -0.05) is 12.1 Å². The number of fused-ring (bicyclic) bond motifs is 1. The molecular weight excluding hydrogens is 333 g/mol. The van der Waals surface area contributed by atoms with Crippen LogP contribution in [-0.4, -0.2) is 29.3 Å². The number of rotatable bonds is 4. The first kappa shape index (κ1) is 16.7. The molecule has 3 aromatic rings. The molecule has 1 unspecified atom stereocenters. The SMILES string of the molecule is Nc1ncc2c(-c3cc(F)ccc3OCC3CCCCO3)cccc2n1. The molecule has 1 aliphatic rings. The van der Waals surface area contributed by atoms with Gasteiger partial charge in [0.25, 0.3) is 0 Å². The highest BCUT2D eigenvalue weighted by Gasteiger charge is 2.17. The van der Waals surface area contributed by atoms with Gasteiger partial charge in [-0.15, -0.1) is 0 Å². The first-order valence-corrected chi connectivity index (χ1v) is 8.76. The first-order chi connectivity index (χ1) is 12.7. The minimum absolute atomic E-state index is 0.0808. The topological polar surface area (TPSA) is 70.3 Å². The van der Waals surface area contributed by atoms with Gasteiger partial charge >= 0.3 is 0 Å². The molecule has 2 aromatic carbocycles. The van der Waals surface area contributed by atoms with Gasteiger partial charge in [0, 0.05) is 23.8 Å². The lowest BCUT2D eigenvalue weighted by molar-refractivity contribution is -0.0109. The summed E-state index contributed by atoms with van der Waals surface area (Å²) in [4.78, 5) is 8.32. The van der Waals surface area contributed by atoms with Crippen LogP contribution < -0.4 is 10.5 Å². The van der Waals surface area contributed by atoms with Crippen LogP contribution >= 0.6 is 0 Å². The van der Waals surface area contributed by atoms with Crippen LogP contribution in [0.2, 0.25) is 0 Å². The smallest absolute Gasteiger partial charge is 0.220 e. The molecule has 6 heteroatoms. The molecule has 134 valence electrons. The molecule has 0 radical (unpaired) electrons. The van der Waals surface area contributed by atoms with Crippen molar-refractivity contribution in [2.24, 2.45) is 0 Å². The number of hydrogen-bond acceptors (Lipinski definition) is 5. The summed E-state index contributed by atoms with van der Waals surface area (Å²) in [6.07, 6.45) is 4.96. The van der Waals surface area contributed by atoms with E-state index in [4.69, 9.17) is 15.2 Å². The summed E-state index contributed by atoms with van der Waals surface area (Å²) in [5.41, 5.74) is 7.86. The highest BCUT2D eigenvalue weighted by atomic mass is 19.1. The third-order valence-electron chi connectivity index (χ3n) is 4.57. The summed E-state index contributed by atoms with van der Waals surface area (Å²) in [5.74, 6) is 0.499. The molecule has 1 aliphatic heterocycles. The molecule has 26 heavy (non-hydrogen) atoms. The molecule has 0 spiro atoms. The summed E-state index contributed by atoms with van der Waals surface area (Å²) in [6, 6.07) is 10.2. The van der Waals surface area contributed by atoms with E-state index < -0.39 is 0 Å². The zero-order chi connectivity index (χ0) is 17.9. The molecule has 5 nitrogen and oxygen atoms in total. The van der Waals surface area contributed by atoms with Gasteiger partial charge in [0.1, 0.15) is 18.2 Å². The van der Waals surface area contributed by atoms with E-state index in [2.05, 4.69) is 9.97 Å². The molecule has 4 rings (SSSR count). The Morgan fingerprint density at radius 1 is 1.19 bits per heavy atom. The average molecular weight is 353 g/mol. The van der Waals surface area contributed by atoms with Crippen molar-refractivity contribution in [2.45, 2.75) is 25.4 Å². The Kier molecular flexibility index (Phi) is 4.67. The minimum Gasteiger partial charge on any atom is -0.490 e. The molecular formula is C20H20FN3O2. The molecule has 0 saturated carbocycles. The molecule has 0 bridgehead atoms. The number of nitrogens with two attached hydrogens (primary N) is 1. The second-order valence-corrected chi connectivity index (χ2v) is 6.41. The van der Waals surface area contributed by atoms with E-state index in [1.54, 1.807) is 12.3 Å². The Bertz CT molecular complexity index is 926. The number of hydrogen-bond donors (Lipinski definition) is 1. The maximum atomic E-state index is 14.0. The Hall–Kier alpha value is -2.73. The maximum Gasteiger partial charge on any atom is 0.220 e. The fourth-order valence-electron chi connectivity index (χ4n) is 3.26. The predicted octanol–water partition coefficient (Wildman–Crippen LogP) is 3.97. The summed E-state index contributed by atoms with van der Waals surface area (Å²) in [5, 5.41) is 0.797. The standard InChI is InChI=1S/C20H20FN3O2/c21-13-7-8-19(26-12-14-4-1-2-9-25-14)16(10-13)15-5-3-6-18-17(15)11-23-20(22)24-18/h3,5-8,10-11,14H,1-2,4,9,12H2,(H2,22,23,24). The van der Waals surface area contributed by atoms with Crippen molar-refractivity contribution < 1.29 is 13.9 Å². The molecule has 0 amide bonds. The number of anilines is 1. The Morgan fingerprint density at radius 2 is 2.12 bits per heavy atom. The number of nitrogen functional groups attached to an aromatic ring is 1. The van der Waals surface area contributed by atoms with Gasteiger partial charge in [0.2, 0.25) is 5.95 Å². The van der Waals surface area contributed by atoms with Crippen molar-refractivity contribution in [1.29, 1.82) is 0 Å². The molecule has 0 aliphatic carbocycles. The highest BCUT2D eigenvalue weighted by Crippen LogP contribution is 2.35. The van der Waals surface area contributed by atoms with Crippen LogP contribution in [0.1, 0.15) is 19.3 Å².